The molecule has 150 valence electrons. The average molecular weight is 503 g/mol. The fraction of sp³-hybridized carbons (Fsp3) is 0.385. The second kappa shape index (κ2) is 8.49. The van der Waals surface area contributed by atoms with Gasteiger partial charge in [-0.1, -0.05) is 0 Å². The minimum Gasteiger partial charge on any atom is -1.00 e. The van der Waals surface area contributed by atoms with E-state index in [9.17, 15) is 0 Å². The fourth-order valence-electron chi connectivity index (χ4n) is 5.37. The Hall–Kier alpha value is -0.617. The van der Waals surface area contributed by atoms with Crippen LogP contribution in [0.4, 0.5) is 0 Å². The Kier molecular flexibility index (Phi) is 6.75. The summed E-state index contributed by atoms with van der Waals surface area (Å²) in [6, 6.07) is 14.2. The van der Waals surface area contributed by atoms with Crippen molar-refractivity contribution in [3.8, 4) is 0 Å². The monoisotopic (exact) mass is 500 g/mol. The van der Waals surface area contributed by atoms with Crippen LogP contribution in [0.3, 0.4) is 0 Å². The molecule has 2 aromatic rings. The van der Waals surface area contributed by atoms with Crippen LogP contribution < -0.4 is 24.8 Å². The largest absolute Gasteiger partial charge is 1.00 e. The maximum absolute atomic E-state index is 2.62. The van der Waals surface area contributed by atoms with E-state index in [0.717, 1.165) is 3.63 Å². The topological polar surface area (TPSA) is 0 Å². The third-order valence-electron chi connectivity index (χ3n) is 6.79. The summed E-state index contributed by atoms with van der Waals surface area (Å²) in [6.45, 7) is 9.33. The molecule has 0 amide bonds. The standard InChI is InChI=1S/C26H28.2ClH.Zr/c1-17(2)22-9-6-10-24-20(13-14-25(22)24)12-11-19-15-21-7-5-8-23(18(3)4)26(21)16-19;;;/h5-10,13-18H,11-12H2,1-4H3;2*1H;/q;;;+2/p-2. The molecular weight excluding hydrogens is 474 g/mol. The Balaban J connectivity index is 0.00000120. The third-order valence-corrected chi connectivity index (χ3v) is 12.1. The quantitative estimate of drug-likeness (QED) is 0.579. The predicted molar refractivity (Wildman–Crippen MR) is 112 cm³/mol. The number of benzene rings is 2. The second-order valence-electron chi connectivity index (χ2n) is 9.07. The molecule has 0 bridgehead atoms. The van der Waals surface area contributed by atoms with Gasteiger partial charge >= 0.3 is 176 Å². The second-order valence-corrected chi connectivity index (χ2v) is 13.4. The third kappa shape index (κ3) is 3.56. The minimum atomic E-state index is -0.701. The van der Waals surface area contributed by atoms with E-state index in [0.29, 0.717) is 15.0 Å². The molecule has 0 nitrogen and oxygen atoms in total. The van der Waals surface area contributed by atoms with Gasteiger partial charge in [-0.3, -0.25) is 0 Å². The first-order valence-corrected chi connectivity index (χ1v) is 13.1. The van der Waals surface area contributed by atoms with Gasteiger partial charge in [0.1, 0.15) is 0 Å². The van der Waals surface area contributed by atoms with E-state index >= 15 is 0 Å². The van der Waals surface area contributed by atoms with Gasteiger partial charge in [0.15, 0.2) is 0 Å². The van der Waals surface area contributed by atoms with Crippen molar-refractivity contribution in [1.29, 1.82) is 0 Å². The van der Waals surface area contributed by atoms with Crippen molar-refractivity contribution >= 4 is 12.2 Å². The van der Waals surface area contributed by atoms with Crippen molar-refractivity contribution in [3.63, 3.8) is 0 Å². The Bertz CT molecular complexity index is 986. The Morgan fingerprint density at radius 2 is 1.55 bits per heavy atom. The van der Waals surface area contributed by atoms with Gasteiger partial charge < -0.3 is 24.8 Å². The molecule has 1 heterocycles. The van der Waals surface area contributed by atoms with Crippen LogP contribution in [0.1, 0.15) is 89.4 Å². The van der Waals surface area contributed by atoms with Crippen molar-refractivity contribution in [3.05, 3.63) is 81.4 Å². The van der Waals surface area contributed by atoms with E-state index in [1.54, 1.807) is 33.4 Å². The molecule has 0 N–H and O–H groups in total. The van der Waals surface area contributed by atoms with Gasteiger partial charge in [-0.05, 0) is 0 Å². The molecule has 2 aliphatic carbocycles. The maximum atomic E-state index is 2.62. The van der Waals surface area contributed by atoms with Crippen LogP contribution in [0.5, 0.6) is 0 Å². The molecule has 0 saturated carbocycles. The van der Waals surface area contributed by atoms with Crippen molar-refractivity contribution in [2.45, 2.75) is 59.1 Å². The maximum Gasteiger partial charge on any atom is -1.00 e. The zero-order valence-corrected chi connectivity index (χ0v) is 21.6. The van der Waals surface area contributed by atoms with Crippen LogP contribution >= 0.6 is 0 Å². The molecule has 1 aliphatic heterocycles. The van der Waals surface area contributed by atoms with Gasteiger partial charge in [0.25, 0.3) is 0 Å². The molecule has 2 aromatic carbocycles. The molecule has 1 saturated heterocycles. The van der Waals surface area contributed by atoms with Crippen LogP contribution in [0, 0.1) is 0 Å². The summed E-state index contributed by atoms with van der Waals surface area (Å²) in [5, 5.41) is 0. The normalized spacial score (nSPS) is 22.8. The molecule has 1 fully saturated rings. The van der Waals surface area contributed by atoms with E-state index in [4.69, 9.17) is 0 Å². The summed E-state index contributed by atoms with van der Waals surface area (Å²) in [4.78, 5) is 0. The molecule has 2 unspecified atom stereocenters. The van der Waals surface area contributed by atoms with E-state index in [2.05, 4.69) is 82.3 Å². The first-order chi connectivity index (χ1) is 13.0. The van der Waals surface area contributed by atoms with Crippen LogP contribution in [-0.4, -0.2) is 0 Å². The summed E-state index contributed by atoms with van der Waals surface area (Å²) < 4.78 is 1.18. The molecule has 3 heteroatoms. The Morgan fingerprint density at radius 1 is 0.897 bits per heavy atom. The van der Waals surface area contributed by atoms with Crippen molar-refractivity contribution in [2.24, 2.45) is 0 Å². The number of rotatable bonds is 2. The number of fused-ring (bicyclic) bond motifs is 5. The fourth-order valence-corrected chi connectivity index (χ4v) is 10.7. The van der Waals surface area contributed by atoms with E-state index < -0.39 is 23.2 Å². The summed E-state index contributed by atoms with van der Waals surface area (Å²) in [5.74, 6) is 1.21. The van der Waals surface area contributed by atoms with Crippen LogP contribution in [0.25, 0.3) is 12.2 Å². The molecule has 29 heavy (non-hydrogen) atoms. The molecule has 0 aromatic heterocycles. The average Bonchev–Trinajstić information content (AvgIpc) is 3.20. The summed E-state index contributed by atoms with van der Waals surface area (Å²) in [5.41, 5.74) is 11.3. The zero-order chi connectivity index (χ0) is 18.8. The van der Waals surface area contributed by atoms with E-state index in [1.807, 2.05) is 0 Å². The van der Waals surface area contributed by atoms with Crippen LogP contribution in [-0.2, 0) is 26.4 Å². The van der Waals surface area contributed by atoms with Gasteiger partial charge in [0, 0.05) is 0 Å². The SMILES string of the molecule is CC(C)c1cccc2c1C=C1CC[C]3(C=Cc4c(C(C)C)cccc43)[Zr+2][CH]12.[Cl-].[Cl-]. The van der Waals surface area contributed by atoms with Gasteiger partial charge in [0.05, 0.1) is 0 Å². The van der Waals surface area contributed by atoms with E-state index in [1.165, 1.54) is 18.4 Å². The molecule has 5 rings (SSSR count). The minimum absolute atomic E-state index is 0. The van der Waals surface area contributed by atoms with Crippen molar-refractivity contribution in [2.75, 3.05) is 0 Å². The number of hydrogen-bond acceptors (Lipinski definition) is 0. The molecule has 3 aliphatic rings. The van der Waals surface area contributed by atoms with Gasteiger partial charge in [-0.2, -0.15) is 0 Å². The molecule has 0 radical (unpaired) electrons. The van der Waals surface area contributed by atoms with Crippen LogP contribution in [0.2, 0.25) is 0 Å². The first-order valence-electron chi connectivity index (χ1n) is 10.4. The van der Waals surface area contributed by atoms with Crippen molar-refractivity contribution in [1.82, 2.24) is 0 Å². The van der Waals surface area contributed by atoms with Gasteiger partial charge in [-0.25, -0.2) is 0 Å². The van der Waals surface area contributed by atoms with Gasteiger partial charge in [0.2, 0.25) is 0 Å². The Labute approximate surface area is 199 Å². The zero-order valence-electron chi connectivity index (χ0n) is 17.6. The van der Waals surface area contributed by atoms with Crippen LogP contribution in [0.15, 0.2) is 48.0 Å². The molecular formula is C26H28Cl2Zr. The Morgan fingerprint density at radius 3 is 2.24 bits per heavy atom. The number of allylic oxidation sites excluding steroid dienone is 2. The summed E-state index contributed by atoms with van der Waals surface area (Å²) in [6.07, 6.45) is 10.3. The van der Waals surface area contributed by atoms with E-state index in [-0.39, 0.29) is 24.8 Å². The smallest absolute Gasteiger partial charge is 1.00 e. The number of halogens is 2. The predicted octanol–water partition coefficient (Wildman–Crippen LogP) is 1.18. The molecule has 1 spiro atoms. The summed E-state index contributed by atoms with van der Waals surface area (Å²) >= 11 is -0.701. The first kappa shape index (κ1) is 23.1. The number of hydrogen-bond donors (Lipinski definition) is 0. The molecule has 2 atom stereocenters. The van der Waals surface area contributed by atoms with Crippen molar-refractivity contribution < 1.29 is 48.0 Å². The summed E-state index contributed by atoms with van der Waals surface area (Å²) in [7, 11) is 0. The van der Waals surface area contributed by atoms with Gasteiger partial charge in [-0.15, -0.1) is 0 Å².